The van der Waals surface area contributed by atoms with E-state index in [4.69, 9.17) is 0 Å². The highest BCUT2D eigenvalue weighted by atomic mass is 79.9. The third-order valence-corrected chi connectivity index (χ3v) is 4.82. The molecule has 1 unspecified atom stereocenters. The molecule has 1 aromatic rings. The lowest BCUT2D eigenvalue weighted by Gasteiger charge is -2.39. The number of hydrogen-bond acceptors (Lipinski definition) is 2. The average molecular weight is 398 g/mol. The van der Waals surface area contributed by atoms with Crippen LogP contribution in [0, 0.1) is 17.6 Å². The molecule has 2 rings (SSSR count). The van der Waals surface area contributed by atoms with E-state index in [1.165, 1.54) is 12.1 Å². The van der Waals surface area contributed by atoms with E-state index in [-0.39, 0.29) is 29.9 Å². The van der Waals surface area contributed by atoms with Gasteiger partial charge in [0.1, 0.15) is 11.6 Å². The number of piperazine rings is 1. The minimum atomic E-state index is -0.457. The van der Waals surface area contributed by atoms with Crippen LogP contribution < -0.4 is 5.32 Å². The SMILES string of the molecule is CCCC(C)[C@@H](c1c(F)ccc(Br)c1F)N1CCNCC1.Cl. The summed E-state index contributed by atoms with van der Waals surface area (Å²) in [6.45, 7) is 7.59. The zero-order valence-electron chi connectivity index (χ0n) is 13.0. The maximum Gasteiger partial charge on any atom is 0.145 e. The Morgan fingerprint density at radius 1 is 1.27 bits per heavy atom. The van der Waals surface area contributed by atoms with E-state index >= 15 is 0 Å². The third-order valence-electron chi connectivity index (χ3n) is 4.20. The molecule has 0 bridgehead atoms. The molecule has 0 spiro atoms. The van der Waals surface area contributed by atoms with Gasteiger partial charge in [0.15, 0.2) is 0 Å². The molecule has 1 N–H and O–H groups in total. The van der Waals surface area contributed by atoms with Crippen molar-refractivity contribution in [1.29, 1.82) is 0 Å². The Morgan fingerprint density at radius 3 is 2.50 bits per heavy atom. The highest BCUT2D eigenvalue weighted by Crippen LogP contribution is 2.37. The van der Waals surface area contributed by atoms with Crippen molar-refractivity contribution in [2.45, 2.75) is 32.7 Å². The second-order valence-corrected chi connectivity index (χ2v) is 6.61. The molecule has 126 valence electrons. The highest BCUT2D eigenvalue weighted by molar-refractivity contribution is 9.10. The van der Waals surface area contributed by atoms with Gasteiger partial charge >= 0.3 is 0 Å². The monoisotopic (exact) mass is 396 g/mol. The summed E-state index contributed by atoms with van der Waals surface area (Å²) in [6, 6.07) is 2.59. The van der Waals surface area contributed by atoms with E-state index in [1.54, 1.807) is 0 Å². The van der Waals surface area contributed by atoms with E-state index in [0.717, 1.165) is 39.0 Å². The zero-order valence-corrected chi connectivity index (χ0v) is 15.4. The molecule has 0 saturated carbocycles. The molecule has 1 aromatic carbocycles. The molecular formula is C16H24BrClF2N2. The maximum atomic E-state index is 14.5. The largest absolute Gasteiger partial charge is 0.314 e. The van der Waals surface area contributed by atoms with Gasteiger partial charge in [-0.15, -0.1) is 12.4 Å². The molecule has 0 aromatic heterocycles. The van der Waals surface area contributed by atoms with Gasteiger partial charge in [-0.1, -0.05) is 20.3 Å². The van der Waals surface area contributed by atoms with E-state index in [9.17, 15) is 8.78 Å². The summed E-state index contributed by atoms with van der Waals surface area (Å²) in [6.07, 6.45) is 1.97. The predicted octanol–water partition coefficient (Wildman–Crippen LogP) is 4.53. The molecule has 0 amide bonds. The quantitative estimate of drug-likeness (QED) is 0.734. The van der Waals surface area contributed by atoms with Crippen LogP contribution in [-0.4, -0.2) is 31.1 Å². The number of halogens is 4. The standard InChI is InChI=1S/C16H23BrF2N2.ClH/c1-3-4-11(2)16(21-9-7-20-8-10-21)14-13(18)6-5-12(17)15(14)19;/h5-6,11,16,20H,3-4,7-10H2,1-2H3;1H/t11?,16-;/m0./s1. The van der Waals surface area contributed by atoms with Crippen LogP contribution in [0.15, 0.2) is 16.6 Å². The Labute approximate surface area is 146 Å². The average Bonchev–Trinajstić information content (AvgIpc) is 2.48. The van der Waals surface area contributed by atoms with Crippen LogP contribution in [0.25, 0.3) is 0 Å². The Morgan fingerprint density at radius 2 is 1.91 bits per heavy atom. The Kier molecular flexibility index (Phi) is 8.25. The highest BCUT2D eigenvalue weighted by Gasteiger charge is 2.32. The minimum absolute atomic E-state index is 0. The molecule has 0 aliphatic carbocycles. The van der Waals surface area contributed by atoms with Crippen molar-refractivity contribution in [2.24, 2.45) is 5.92 Å². The van der Waals surface area contributed by atoms with Crippen LogP contribution in [0.4, 0.5) is 8.78 Å². The van der Waals surface area contributed by atoms with Crippen molar-refractivity contribution < 1.29 is 8.78 Å². The van der Waals surface area contributed by atoms with Gasteiger partial charge in [0.25, 0.3) is 0 Å². The summed E-state index contributed by atoms with van der Waals surface area (Å²) in [5, 5.41) is 3.29. The van der Waals surface area contributed by atoms with Gasteiger partial charge in [-0.2, -0.15) is 0 Å². The van der Waals surface area contributed by atoms with Gasteiger partial charge < -0.3 is 5.32 Å². The fraction of sp³-hybridized carbons (Fsp3) is 0.625. The lowest BCUT2D eigenvalue weighted by Crippen LogP contribution is -2.47. The fourth-order valence-corrected chi connectivity index (χ4v) is 3.56. The predicted molar refractivity (Wildman–Crippen MR) is 92.6 cm³/mol. The molecule has 1 heterocycles. The molecule has 2 nitrogen and oxygen atoms in total. The van der Waals surface area contributed by atoms with Gasteiger partial charge in [-0.05, 0) is 40.4 Å². The van der Waals surface area contributed by atoms with Crippen LogP contribution >= 0.6 is 28.3 Å². The first kappa shape index (κ1) is 19.8. The maximum absolute atomic E-state index is 14.5. The van der Waals surface area contributed by atoms with Gasteiger partial charge in [0, 0.05) is 37.8 Å². The van der Waals surface area contributed by atoms with Gasteiger partial charge in [-0.25, -0.2) is 8.78 Å². The first-order valence-electron chi connectivity index (χ1n) is 7.64. The molecule has 2 atom stereocenters. The Hall–Kier alpha value is -0.230. The van der Waals surface area contributed by atoms with Crippen molar-refractivity contribution in [1.82, 2.24) is 10.2 Å². The first-order chi connectivity index (χ1) is 10.1. The molecule has 0 radical (unpaired) electrons. The lowest BCUT2D eigenvalue weighted by atomic mass is 9.88. The molecule has 1 saturated heterocycles. The van der Waals surface area contributed by atoms with Crippen molar-refractivity contribution in [2.75, 3.05) is 26.2 Å². The van der Waals surface area contributed by atoms with Gasteiger partial charge in [0.05, 0.1) is 4.47 Å². The van der Waals surface area contributed by atoms with Crippen molar-refractivity contribution in [3.63, 3.8) is 0 Å². The third kappa shape index (κ3) is 4.40. The van der Waals surface area contributed by atoms with Gasteiger partial charge in [-0.3, -0.25) is 4.90 Å². The minimum Gasteiger partial charge on any atom is -0.314 e. The first-order valence-corrected chi connectivity index (χ1v) is 8.43. The summed E-state index contributed by atoms with van der Waals surface area (Å²) in [5.41, 5.74) is 0.215. The molecule has 1 aliphatic heterocycles. The van der Waals surface area contributed by atoms with Crippen LogP contribution in [0.1, 0.15) is 38.3 Å². The molecule has 1 aliphatic rings. The van der Waals surface area contributed by atoms with E-state index < -0.39 is 11.6 Å². The summed E-state index contributed by atoms with van der Waals surface area (Å²) in [4.78, 5) is 2.21. The van der Waals surface area contributed by atoms with Crippen LogP contribution in [0.5, 0.6) is 0 Å². The second-order valence-electron chi connectivity index (χ2n) is 5.75. The van der Waals surface area contributed by atoms with E-state index in [2.05, 4.69) is 40.0 Å². The molecule has 1 fully saturated rings. The summed E-state index contributed by atoms with van der Waals surface area (Å²) >= 11 is 3.19. The van der Waals surface area contributed by atoms with Crippen LogP contribution in [-0.2, 0) is 0 Å². The number of nitrogens with one attached hydrogen (secondary N) is 1. The van der Waals surface area contributed by atoms with Crippen molar-refractivity contribution >= 4 is 28.3 Å². The number of rotatable bonds is 5. The molecule has 22 heavy (non-hydrogen) atoms. The number of hydrogen-bond donors (Lipinski definition) is 1. The Bertz CT molecular complexity index is 481. The lowest BCUT2D eigenvalue weighted by molar-refractivity contribution is 0.119. The normalized spacial score (nSPS) is 18.6. The second kappa shape index (κ2) is 9.16. The van der Waals surface area contributed by atoms with E-state index in [1.807, 2.05) is 0 Å². The van der Waals surface area contributed by atoms with E-state index in [0.29, 0.717) is 4.47 Å². The molecule has 6 heteroatoms. The fourth-order valence-electron chi connectivity index (χ4n) is 3.21. The van der Waals surface area contributed by atoms with Crippen molar-refractivity contribution in [3.05, 3.63) is 33.8 Å². The van der Waals surface area contributed by atoms with Crippen LogP contribution in [0.3, 0.4) is 0 Å². The summed E-state index contributed by atoms with van der Waals surface area (Å²) in [7, 11) is 0. The summed E-state index contributed by atoms with van der Waals surface area (Å²) in [5.74, 6) is -0.685. The van der Waals surface area contributed by atoms with Gasteiger partial charge in [0.2, 0.25) is 0 Å². The smallest absolute Gasteiger partial charge is 0.145 e. The zero-order chi connectivity index (χ0) is 15.4. The van der Waals surface area contributed by atoms with Crippen molar-refractivity contribution in [3.8, 4) is 0 Å². The van der Waals surface area contributed by atoms with Crippen LogP contribution in [0.2, 0.25) is 0 Å². The number of benzene rings is 1. The topological polar surface area (TPSA) is 15.3 Å². The molecular weight excluding hydrogens is 374 g/mol. The Balaban J connectivity index is 0.00000242. The summed E-state index contributed by atoms with van der Waals surface area (Å²) < 4.78 is 29.2. The number of nitrogens with zero attached hydrogens (tertiary/aromatic N) is 1.